The van der Waals surface area contributed by atoms with E-state index in [4.69, 9.17) is 20.9 Å². The quantitative estimate of drug-likeness (QED) is 0.174. The molecule has 0 amide bonds. The van der Waals surface area contributed by atoms with Crippen molar-refractivity contribution >= 4 is 11.8 Å². The SMILES string of the molecule is CC(C)C[C@@H](Oc1nc(Oc2cc(-c3cccc(CN)c3)cc(C(N)C(=O)c3ccccc3)c2)c(F)cc1F)C(=O)O. The van der Waals surface area contributed by atoms with E-state index in [0.29, 0.717) is 29.3 Å². The first-order valence-electron chi connectivity index (χ1n) is 13.3. The maximum Gasteiger partial charge on any atom is 0.344 e. The Hall–Kier alpha value is -4.67. The van der Waals surface area contributed by atoms with Gasteiger partial charge in [0.15, 0.2) is 23.5 Å². The Kier molecular flexibility index (Phi) is 9.61. The normalized spacial score (nSPS) is 12.5. The smallest absolute Gasteiger partial charge is 0.344 e. The van der Waals surface area contributed by atoms with E-state index in [1.807, 2.05) is 24.3 Å². The molecule has 0 bridgehead atoms. The minimum Gasteiger partial charge on any atom is -0.479 e. The lowest BCUT2D eigenvalue weighted by Crippen LogP contribution is -2.29. The van der Waals surface area contributed by atoms with E-state index in [2.05, 4.69) is 4.98 Å². The predicted octanol–water partition coefficient (Wildman–Crippen LogP) is 6.04. The molecule has 4 rings (SSSR count). The van der Waals surface area contributed by atoms with Crippen LogP contribution in [0.15, 0.2) is 78.9 Å². The molecule has 0 spiro atoms. The topological polar surface area (TPSA) is 138 Å². The Morgan fingerprint density at radius 3 is 2.29 bits per heavy atom. The Bertz CT molecular complexity index is 1580. The van der Waals surface area contributed by atoms with Gasteiger partial charge in [-0.1, -0.05) is 62.4 Å². The molecule has 0 aliphatic carbocycles. The Morgan fingerprint density at radius 2 is 1.62 bits per heavy atom. The average Bonchev–Trinajstić information content (AvgIpc) is 2.98. The number of carboxylic acid groups (broad SMARTS) is 1. The molecule has 10 heteroatoms. The molecule has 218 valence electrons. The number of ether oxygens (including phenoxy) is 2. The molecule has 1 unspecified atom stereocenters. The van der Waals surface area contributed by atoms with E-state index < -0.39 is 41.5 Å². The number of hydrogen-bond acceptors (Lipinski definition) is 7. The Balaban J connectivity index is 1.75. The standard InChI is InChI=1S/C32H31F2N3O5/c1-18(2)11-27(32(39)40)42-31-26(34)16-25(33)30(37-31)41-24-14-22(21-10-6-7-19(12-21)17-35)13-23(15-24)28(36)29(38)20-8-4-3-5-9-20/h3-10,12-16,18,27-28H,11,17,35-36H2,1-2H3,(H,39,40)/t27-,28?/m1/s1. The van der Waals surface area contributed by atoms with Gasteiger partial charge in [0.25, 0.3) is 11.8 Å². The maximum atomic E-state index is 14.9. The number of carbonyl (C=O) groups excluding carboxylic acids is 1. The van der Waals surface area contributed by atoms with Gasteiger partial charge in [-0.3, -0.25) is 4.79 Å². The van der Waals surface area contributed by atoms with E-state index in [-0.39, 0.29) is 23.9 Å². The fourth-order valence-electron chi connectivity index (χ4n) is 4.30. The summed E-state index contributed by atoms with van der Waals surface area (Å²) >= 11 is 0. The number of hydrogen-bond donors (Lipinski definition) is 3. The van der Waals surface area contributed by atoms with Crippen LogP contribution in [0.25, 0.3) is 11.1 Å². The number of halogens is 2. The van der Waals surface area contributed by atoms with Crippen LogP contribution in [0, 0.1) is 17.6 Å². The van der Waals surface area contributed by atoms with Crippen molar-refractivity contribution in [2.75, 3.05) is 0 Å². The molecular weight excluding hydrogens is 544 g/mol. The van der Waals surface area contributed by atoms with Gasteiger partial charge in [0.1, 0.15) is 5.75 Å². The van der Waals surface area contributed by atoms with Gasteiger partial charge in [0, 0.05) is 18.2 Å². The molecule has 2 atom stereocenters. The number of carbonyl (C=O) groups is 2. The predicted molar refractivity (Wildman–Crippen MR) is 153 cm³/mol. The second-order valence-corrected chi connectivity index (χ2v) is 10.1. The molecule has 0 aliphatic heterocycles. The van der Waals surface area contributed by atoms with Crippen molar-refractivity contribution in [3.63, 3.8) is 0 Å². The lowest BCUT2D eigenvalue weighted by atomic mass is 9.94. The number of Topliss-reactive ketones (excluding diaryl/α,β-unsaturated/α-hetero) is 1. The molecule has 8 nitrogen and oxygen atoms in total. The first-order valence-corrected chi connectivity index (χ1v) is 13.3. The van der Waals surface area contributed by atoms with Crippen LogP contribution in [0.2, 0.25) is 0 Å². The van der Waals surface area contributed by atoms with Crippen molar-refractivity contribution in [3.8, 4) is 28.6 Å². The fourth-order valence-corrected chi connectivity index (χ4v) is 4.30. The zero-order valence-electron chi connectivity index (χ0n) is 23.1. The average molecular weight is 576 g/mol. The van der Waals surface area contributed by atoms with Crippen molar-refractivity contribution in [1.29, 1.82) is 0 Å². The monoisotopic (exact) mass is 575 g/mol. The van der Waals surface area contributed by atoms with Crippen LogP contribution in [-0.4, -0.2) is 27.9 Å². The van der Waals surface area contributed by atoms with Crippen molar-refractivity contribution in [1.82, 2.24) is 4.98 Å². The summed E-state index contributed by atoms with van der Waals surface area (Å²) in [7, 11) is 0. The number of aromatic nitrogens is 1. The number of aliphatic carboxylic acids is 1. The van der Waals surface area contributed by atoms with E-state index in [0.717, 1.165) is 11.1 Å². The summed E-state index contributed by atoms with van der Waals surface area (Å²) in [6, 6.07) is 20.1. The van der Waals surface area contributed by atoms with Gasteiger partial charge in [0.2, 0.25) is 0 Å². The highest BCUT2D eigenvalue weighted by atomic mass is 19.1. The molecule has 1 aromatic heterocycles. The lowest BCUT2D eigenvalue weighted by Gasteiger charge is -2.18. The van der Waals surface area contributed by atoms with Gasteiger partial charge >= 0.3 is 5.97 Å². The molecule has 0 fully saturated rings. The third-order valence-electron chi connectivity index (χ3n) is 6.42. The third-order valence-corrected chi connectivity index (χ3v) is 6.42. The highest BCUT2D eigenvalue weighted by Crippen LogP contribution is 2.34. The summed E-state index contributed by atoms with van der Waals surface area (Å²) in [6.45, 7) is 3.86. The number of nitrogens with two attached hydrogens (primary N) is 2. The van der Waals surface area contributed by atoms with Gasteiger partial charge in [-0.2, -0.15) is 4.98 Å². The Labute approximate surface area is 241 Å². The van der Waals surface area contributed by atoms with Crippen LogP contribution < -0.4 is 20.9 Å². The molecule has 0 radical (unpaired) electrons. The van der Waals surface area contributed by atoms with Crippen molar-refractivity contribution in [2.45, 2.75) is 39.0 Å². The second-order valence-electron chi connectivity index (χ2n) is 10.1. The van der Waals surface area contributed by atoms with Gasteiger partial charge < -0.3 is 26.0 Å². The summed E-state index contributed by atoms with van der Waals surface area (Å²) in [5.41, 5.74) is 15.2. The third kappa shape index (κ3) is 7.34. The molecule has 5 N–H and O–H groups in total. The number of carboxylic acids is 1. The van der Waals surface area contributed by atoms with E-state index >= 15 is 0 Å². The minimum atomic E-state index is -1.41. The number of ketones is 1. The van der Waals surface area contributed by atoms with Crippen LogP contribution in [0.4, 0.5) is 8.78 Å². The highest BCUT2D eigenvalue weighted by molar-refractivity contribution is 6.00. The first-order chi connectivity index (χ1) is 20.0. The highest BCUT2D eigenvalue weighted by Gasteiger charge is 2.25. The number of rotatable bonds is 12. The van der Waals surface area contributed by atoms with Gasteiger partial charge in [-0.15, -0.1) is 0 Å². The number of pyridine rings is 1. The summed E-state index contributed by atoms with van der Waals surface area (Å²) in [6.07, 6.45) is -1.33. The van der Waals surface area contributed by atoms with Crippen molar-refractivity contribution < 1.29 is 33.0 Å². The zero-order valence-corrected chi connectivity index (χ0v) is 23.1. The van der Waals surface area contributed by atoms with Crippen LogP contribution in [0.3, 0.4) is 0 Å². The lowest BCUT2D eigenvalue weighted by molar-refractivity contribution is -0.146. The minimum absolute atomic E-state index is 0.0536. The maximum absolute atomic E-state index is 14.9. The Morgan fingerprint density at radius 1 is 0.905 bits per heavy atom. The summed E-state index contributed by atoms with van der Waals surface area (Å²) in [4.78, 5) is 28.6. The fraction of sp³-hybridized carbons (Fsp3) is 0.219. The molecule has 4 aromatic rings. The van der Waals surface area contributed by atoms with Crippen molar-refractivity contribution in [2.24, 2.45) is 17.4 Å². The number of benzene rings is 3. The summed E-state index contributed by atoms with van der Waals surface area (Å²) in [5, 5.41) is 9.49. The van der Waals surface area contributed by atoms with Gasteiger partial charge in [-0.25, -0.2) is 13.6 Å². The molecule has 3 aromatic carbocycles. The largest absolute Gasteiger partial charge is 0.479 e. The molecule has 0 aliphatic rings. The molecule has 1 heterocycles. The van der Waals surface area contributed by atoms with Gasteiger partial charge in [0.05, 0.1) is 6.04 Å². The second kappa shape index (κ2) is 13.3. The van der Waals surface area contributed by atoms with E-state index in [1.165, 1.54) is 6.07 Å². The van der Waals surface area contributed by atoms with Crippen LogP contribution in [0.5, 0.6) is 17.5 Å². The van der Waals surface area contributed by atoms with Crippen LogP contribution in [0.1, 0.15) is 47.8 Å². The van der Waals surface area contributed by atoms with E-state index in [1.54, 1.807) is 56.3 Å². The molecule has 42 heavy (non-hydrogen) atoms. The molecule has 0 saturated carbocycles. The van der Waals surface area contributed by atoms with E-state index in [9.17, 15) is 23.5 Å². The van der Waals surface area contributed by atoms with Crippen molar-refractivity contribution in [3.05, 3.63) is 107 Å². The first kappa shape index (κ1) is 30.3. The van der Waals surface area contributed by atoms with Crippen LogP contribution >= 0.6 is 0 Å². The summed E-state index contributed by atoms with van der Waals surface area (Å²) in [5.74, 6) is -5.38. The van der Waals surface area contributed by atoms with Gasteiger partial charge in [-0.05, 0) is 58.9 Å². The molecule has 0 saturated heterocycles. The molecular formula is C32H31F2N3O5. The number of nitrogens with zero attached hydrogens (tertiary/aromatic N) is 1. The zero-order chi connectivity index (χ0) is 30.4. The van der Waals surface area contributed by atoms with Crippen LogP contribution in [-0.2, 0) is 11.3 Å². The summed E-state index contributed by atoms with van der Waals surface area (Å²) < 4.78 is 40.5.